The maximum Gasteiger partial charge on any atom is 0.266 e. The van der Waals surface area contributed by atoms with Crippen LogP contribution in [0.4, 0.5) is 0 Å². The minimum absolute atomic E-state index is 0.0189. The molecule has 1 aliphatic rings. The largest absolute Gasteiger partial charge is 0.496 e. The van der Waals surface area contributed by atoms with Crippen molar-refractivity contribution in [2.24, 2.45) is 5.92 Å². The normalized spacial score (nSPS) is 16.3. The molecule has 0 N–H and O–H groups in total. The molecule has 1 saturated heterocycles. The number of benzene rings is 3. The first kappa shape index (κ1) is 27.8. The van der Waals surface area contributed by atoms with Gasteiger partial charge in [0.25, 0.3) is 10.0 Å². The zero-order valence-electron chi connectivity index (χ0n) is 20.5. The van der Waals surface area contributed by atoms with Crippen molar-refractivity contribution in [1.82, 2.24) is 4.31 Å². The van der Waals surface area contributed by atoms with Crippen LogP contribution >= 0.6 is 23.2 Å². The Kier molecular flexibility index (Phi) is 8.55. The summed E-state index contributed by atoms with van der Waals surface area (Å²) in [6.45, 7) is -0.583. The number of ketones is 2. The van der Waals surface area contributed by atoms with Crippen molar-refractivity contribution in [1.29, 1.82) is 0 Å². The van der Waals surface area contributed by atoms with Crippen molar-refractivity contribution >= 4 is 50.7 Å². The van der Waals surface area contributed by atoms with Crippen LogP contribution in [0.25, 0.3) is 0 Å². The molecule has 10 heteroatoms. The third-order valence-corrected chi connectivity index (χ3v) is 8.73. The molecule has 0 bridgehead atoms. The summed E-state index contributed by atoms with van der Waals surface area (Å²) in [5.74, 6) is -1.74. The monoisotopic (exact) mass is 573 g/mol. The van der Waals surface area contributed by atoms with Gasteiger partial charge in [-0.15, -0.1) is 0 Å². The molecule has 1 fully saturated rings. The van der Waals surface area contributed by atoms with Crippen LogP contribution in [0.1, 0.15) is 34.3 Å². The Balaban J connectivity index is 1.65. The van der Waals surface area contributed by atoms with Gasteiger partial charge in [0.15, 0.2) is 11.6 Å². The maximum absolute atomic E-state index is 13.7. The zero-order chi connectivity index (χ0) is 27.4. The van der Waals surface area contributed by atoms with Crippen LogP contribution in [0.2, 0.25) is 10.0 Å². The van der Waals surface area contributed by atoms with Crippen LogP contribution in [-0.2, 0) is 32.5 Å². The summed E-state index contributed by atoms with van der Waals surface area (Å²) in [6, 6.07) is 17.7. The number of Topliss-reactive ketones (excluding diaryl/α,β-unsaturated/α-hetero) is 2. The number of methoxy groups -OCH3 is 1. The number of sulfonamides is 1. The van der Waals surface area contributed by atoms with Crippen LogP contribution in [-0.4, -0.2) is 43.9 Å². The average molecular weight is 574 g/mol. The number of ether oxygens (including phenoxy) is 1. The molecule has 0 spiro atoms. The van der Waals surface area contributed by atoms with Crippen LogP contribution in [0, 0.1) is 5.92 Å². The van der Waals surface area contributed by atoms with Gasteiger partial charge >= 0.3 is 0 Å². The molecule has 1 unspecified atom stereocenters. The zero-order valence-corrected chi connectivity index (χ0v) is 22.9. The topological polar surface area (TPSA) is 97.8 Å². The van der Waals surface area contributed by atoms with Crippen molar-refractivity contribution in [3.8, 4) is 5.75 Å². The molecule has 0 radical (unpaired) electrons. The highest BCUT2D eigenvalue weighted by atomic mass is 35.5. The van der Waals surface area contributed by atoms with E-state index in [1.54, 1.807) is 42.5 Å². The predicted molar refractivity (Wildman–Crippen MR) is 144 cm³/mol. The lowest BCUT2D eigenvalue weighted by atomic mass is 9.93. The van der Waals surface area contributed by atoms with E-state index in [1.807, 2.05) is 6.07 Å². The standard InChI is InChI=1S/C28H25Cl2NO6S/c1-37-27-12-8-21(29)15-20(27)14-19-7-9-22(32)17-31(28(19)34)38(35,36)23-10-11-25(30)24(16-23)26(33)13-18-5-3-2-4-6-18/h2-6,8,10-12,15-16,19H,7,9,13-14,17H2,1H3. The fourth-order valence-corrected chi connectivity index (χ4v) is 6.31. The van der Waals surface area contributed by atoms with Gasteiger partial charge in [0.1, 0.15) is 5.75 Å². The highest BCUT2D eigenvalue weighted by molar-refractivity contribution is 7.89. The lowest BCUT2D eigenvalue weighted by Crippen LogP contribution is -2.42. The number of carbonyl (C=O) groups is 3. The van der Waals surface area contributed by atoms with Crippen molar-refractivity contribution in [2.45, 2.75) is 30.6 Å². The maximum atomic E-state index is 13.7. The summed E-state index contributed by atoms with van der Waals surface area (Å²) < 4.78 is 33.3. The number of hydrogen-bond donors (Lipinski definition) is 0. The van der Waals surface area contributed by atoms with Gasteiger partial charge in [-0.3, -0.25) is 14.4 Å². The molecule has 3 aromatic rings. The Bertz CT molecular complexity index is 1490. The van der Waals surface area contributed by atoms with E-state index in [2.05, 4.69) is 0 Å². The fourth-order valence-electron chi connectivity index (χ4n) is 4.43. The van der Waals surface area contributed by atoms with Gasteiger partial charge < -0.3 is 4.74 Å². The number of amides is 1. The Hall–Kier alpha value is -3.20. The molecule has 4 rings (SSSR count). The van der Waals surface area contributed by atoms with Gasteiger partial charge in [-0.2, -0.15) is 0 Å². The molecule has 1 amide bonds. The molecule has 1 aliphatic heterocycles. The first-order valence-corrected chi connectivity index (χ1v) is 14.1. The summed E-state index contributed by atoms with van der Waals surface area (Å²) >= 11 is 12.4. The number of hydrogen-bond acceptors (Lipinski definition) is 6. The van der Waals surface area contributed by atoms with Crippen molar-refractivity contribution in [2.75, 3.05) is 13.7 Å². The lowest BCUT2D eigenvalue weighted by Gasteiger charge is -2.24. The molecule has 3 aromatic carbocycles. The number of nitrogens with zero attached hydrogens (tertiary/aromatic N) is 1. The van der Waals surface area contributed by atoms with E-state index in [1.165, 1.54) is 25.3 Å². The third-order valence-electron chi connectivity index (χ3n) is 6.43. The van der Waals surface area contributed by atoms with E-state index < -0.39 is 28.4 Å². The summed E-state index contributed by atoms with van der Waals surface area (Å²) in [7, 11) is -2.98. The van der Waals surface area contributed by atoms with Gasteiger partial charge in [0, 0.05) is 29.3 Å². The van der Waals surface area contributed by atoms with Gasteiger partial charge in [0.05, 0.1) is 23.6 Å². The molecule has 7 nitrogen and oxygen atoms in total. The molecule has 0 aliphatic carbocycles. The molecular weight excluding hydrogens is 549 g/mol. The lowest BCUT2D eigenvalue weighted by molar-refractivity contribution is -0.131. The highest BCUT2D eigenvalue weighted by Gasteiger charge is 2.38. The number of halogens is 2. The van der Waals surface area contributed by atoms with Crippen LogP contribution in [0.3, 0.4) is 0 Å². The summed E-state index contributed by atoms with van der Waals surface area (Å²) in [4.78, 5) is 38.8. The van der Waals surface area contributed by atoms with E-state index in [-0.39, 0.29) is 52.7 Å². The van der Waals surface area contributed by atoms with Crippen LogP contribution in [0.15, 0.2) is 71.6 Å². The Morgan fingerprint density at radius 1 is 1.03 bits per heavy atom. The second-order valence-corrected chi connectivity index (χ2v) is 11.7. The quantitative estimate of drug-likeness (QED) is 0.345. The van der Waals surface area contributed by atoms with E-state index >= 15 is 0 Å². The molecule has 38 heavy (non-hydrogen) atoms. The van der Waals surface area contributed by atoms with E-state index in [0.717, 1.165) is 5.56 Å². The van der Waals surface area contributed by atoms with Gasteiger partial charge in [-0.1, -0.05) is 53.5 Å². The second-order valence-electron chi connectivity index (χ2n) is 9.01. The molecule has 198 valence electrons. The second kappa shape index (κ2) is 11.7. The highest BCUT2D eigenvalue weighted by Crippen LogP contribution is 2.31. The molecule has 0 saturated carbocycles. The molecule has 0 aromatic heterocycles. The van der Waals surface area contributed by atoms with Crippen LogP contribution in [0.5, 0.6) is 5.75 Å². The van der Waals surface area contributed by atoms with Crippen molar-refractivity contribution in [3.05, 3.63) is 93.5 Å². The number of carbonyl (C=O) groups excluding carboxylic acids is 3. The summed E-state index contributed by atoms with van der Waals surface area (Å²) in [5.41, 5.74) is 1.39. The minimum atomic E-state index is -4.47. The van der Waals surface area contributed by atoms with E-state index in [9.17, 15) is 22.8 Å². The van der Waals surface area contributed by atoms with Crippen molar-refractivity contribution < 1.29 is 27.5 Å². The smallest absolute Gasteiger partial charge is 0.266 e. The Morgan fingerprint density at radius 3 is 2.47 bits per heavy atom. The predicted octanol–water partition coefficient (Wildman–Crippen LogP) is 5.17. The SMILES string of the molecule is COc1ccc(Cl)cc1CC1CCC(=O)CN(S(=O)(=O)c2ccc(Cl)c(C(=O)Cc3ccccc3)c2)C1=O. The fraction of sp³-hybridized carbons (Fsp3) is 0.250. The molecule has 1 atom stereocenters. The molecule has 1 heterocycles. The van der Waals surface area contributed by atoms with Crippen LogP contribution < -0.4 is 4.74 Å². The van der Waals surface area contributed by atoms with E-state index in [0.29, 0.717) is 20.6 Å². The average Bonchev–Trinajstić information content (AvgIpc) is 3.03. The summed E-state index contributed by atoms with van der Waals surface area (Å²) in [5, 5.41) is 0.533. The van der Waals surface area contributed by atoms with E-state index in [4.69, 9.17) is 27.9 Å². The molecular formula is C28H25Cl2NO6S. The van der Waals surface area contributed by atoms with Gasteiger partial charge in [-0.25, -0.2) is 12.7 Å². The third kappa shape index (κ3) is 6.09. The first-order chi connectivity index (χ1) is 18.1. The van der Waals surface area contributed by atoms with Gasteiger partial charge in [0.2, 0.25) is 5.91 Å². The summed E-state index contributed by atoms with van der Waals surface area (Å²) in [6.07, 6.45) is 0.394. The minimum Gasteiger partial charge on any atom is -0.496 e. The first-order valence-electron chi connectivity index (χ1n) is 11.9. The Labute approximate surface area is 231 Å². The number of rotatable bonds is 8. The van der Waals surface area contributed by atoms with Gasteiger partial charge in [-0.05, 0) is 60.4 Å². The Morgan fingerprint density at radius 2 is 1.76 bits per heavy atom. The van der Waals surface area contributed by atoms with Crippen molar-refractivity contribution in [3.63, 3.8) is 0 Å².